The highest BCUT2D eigenvalue weighted by Crippen LogP contribution is 2.30. The predicted molar refractivity (Wildman–Crippen MR) is 105 cm³/mol. The van der Waals surface area contributed by atoms with Crippen LogP contribution in [-0.2, 0) is 4.79 Å². The van der Waals surface area contributed by atoms with Gasteiger partial charge in [0.1, 0.15) is 5.82 Å². The van der Waals surface area contributed by atoms with Crippen molar-refractivity contribution in [1.82, 2.24) is 15.5 Å². The maximum atomic E-state index is 13.2. The highest BCUT2D eigenvalue weighted by Gasteiger charge is 2.21. The largest absolute Gasteiger partial charge is 0.352 e. The number of carbonyl (C=O) groups is 1. The number of rotatable bonds is 6. The maximum absolute atomic E-state index is 13.2. The second-order valence-electron chi connectivity index (χ2n) is 6.47. The van der Waals surface area contributed by atoms with Gasteiger partial charge in [-0.05, 0) is 38.0 Å². The van der Waals surface area contributed by atoms with Crippen molar-refractivity contribution in [3.63, 3.8) is 0 Å². The Morgan fingerprint density at radius 3 is 2.77 bits per heavy atom. The van der Waals surface area contributed by atoms with Crippen LogP contribution in [0.1, 0.15) is 45.4 Å². The van der Waals surface area contributed by atoms with Crippen LogP contribution in [0.5, 0.6) is 0 Å². The molecule has 1 aliphatic rings. The van der Waals surface area contributed by atoms with Crippen LogP contribution in [-0.4, -0.2) is 27.4 Å². The van der Waals surface area contributed by atoms with Crippen molar-refractivity contribution in [3.8, 4) is 0 Å². The molecule has 5 nitrogen and oxygen atoms in total. The zero-order valence-electron chi connectivity index (χ0n) is 14.7. The SMILES string of the molecule is C[C@H](Sc1nnc(Nc2cccc(F)c2)s1)C(=O)NC1CCCCCC1. The molecule has 0 bridgehead atoms. The second-order valence-corrected chi connectivity index (χ2v) is 9.03. The van der Waals surface area contributed by atoms with E-state index in [1.54, 1.807) is 12.1 Å². The van der Waals surface area contributed by atoms with Crippen molar-refractivity contribution in [2.75, 3.05) is 5.32 Å². The Bertz CT molecular complexity index is 731. The minimum Gasteiger partial charge on any atom is -0.352 e. The zero-order chi connectivity index (χ0) is 18.4. The Hall–Kier alpha value is -1.67. The molecule has 26 heavy (non-hydrogen) atoms. The first kappa shape index (κ1) is 19.1. The number of hydrogen-bond donors (Lipinski definition) is 2. The summed E-state index contributed by atoms with van der Waals surface area (Å²) in [6.07, 6.45) is 7.06. The highest BCUT2D eigenvalue weighted by molar-refractivity contribution is 8.02. The zero-order valence-corrected chi connectivity index (χ0v) is 16.3. The summed E-state index contributed by atoms with van der Waals surface area (Å²) in [4.78, 5) is 12.4. The number of amides is 1. The Morgan fingerprint density at radius 1 is 1.27 bits per heavy atom. The average molecular weight is 395 g/mol. The van der Waals surface area contributed by atoms with Gasteiger partial charge < -0.3 is 10.6 Å². The molecule has 2 N–H and O–H groups in total. The highest BCUT2D eigenvalue weighted by atomic mass is 32.2. The number of hydrogen-bond acceptors (Lipinski definition) is 6. The molecule has 1 aliphatic carbocycles. The summed E-state index contributed by atoms with van der Waals surface area (Å²) in [5.74, 6) is -0.255. The number of halogens is 1. The van der Waals surface area contributed by atoms with Crippen LogP contribution in [0.15, 0.2) is 28.6 Å². The molecular formula is C18H23FN4OS2. The summed E-state index contributed by atoms with van der Waals surface area (Å²) in [7, 11) is 0. The van der Waals surface area contributed by atoms with Gasteiger partial charge in [0.2, 0.25) is 11.0 Å². The Kier molecular flexibility index (Phi) is 6.85. The van der Waals surface area contributed by atoms with Crippen LogP contribution >= 0.6 is 23.1 Å². The maximum Gasteiger partial charge on any atom is 0.233 e. The molecule has 1 aromatic heterocycles. The van der Waals surface area contributed by atoms with Crippen LogP contribution in [0.25, 0.3) is 0 Å². The first-order chi connectivity index (χ1) is 12.6. The first-order valence-electron chi connectivity index (χ1n) is 8.93. The summed E-state index contributed by atoms with van der Waals surface area (Å²) in [6, 6.07) is 6.49. The van der Waals surface area contributed by atoms with Gasteiger partial charge in [-0.1, -0.05) is 54.8 Å². The number of carbonyl (C=O) groups excluding carboxylic acids is 1. The third-order valence-electron chi connectivity index (χ3n) is 4.33. The molecule has 0 saturated heterocycles. The topological polar surface area (TPSA) is 66.9 Å². The lowest BCUT2D eigenvalue weighted by Crippen LogP contribution is -2.39. The number of thioether (sulfide) groups is 1. The van der Waals surface area contributed by atoms with Crippen molar-refractivity contribution in [2.45, 2.75) is 61.1 Å². The van der Waals surface area contributed by atoms with E-state index in [4.69, 9.17) is 0 Å². The average Bonchev–Trinajstić information content (AvgIpc) is 2.88. The Morgan fingerprint density at radius 2 is 2.04 bits per heavy atom. The standard InChI is InChI=1S/C18H23FN4OS2/c1-12(16(24)20-14-8-4-2-3-5-9-14)25-18-23-22-17(26-18)21-15-10-6-7-13(19)11-15/h6-7,10-12,14H,2-5,8-9H2,1H3,(H,20,24)(H,21,22)/t12-/m0/s1. The predicted octanol–water partition coefficient (Wildman–Crippen LogP) is 4.74. The van der Waals surface area contributed by atoms with Gasteiger partial charge >= 0.3 is 0 Å². The minimum atomic E-state index is -0.307. The molecule has 1 atom stereocenters. The molecule has 140 valence electrons. The molecule has 3 rings (SSSR count). The quantitative estimate of drug-likeness (QED) is 0.547. The monoisotopic (exact) mass is 394 g/mol. The number of anilines is 2. The number of aromatic nitrogens is 2. The summed E-state index contributed by atoms with van der Waals surface area (Å²) < 4.78 is 13.9. The summed E-state index contributed by atoms with van der Waals surface area (Å²) >= 11 is 2.75. The van der Waals surface area contributed by atoms with E-state index in [-0.39, 0.29) is 17.0 Å². The number of nitrogens with one attached hydrogen (secondary N) is 2. The van der Waals surface area contributed by atoms with E-state index < -0.39 is 0 Å². The Labute approximate surface area is 161 Å². The molecule has 1 saturated carbocycles. The van der Waals surface area contributed by atoms with Gasteiger partial charge in [-0.25, -0.2) is 4.39 Å². The molecule has 2 aromatic rings. The summed E-state index contributed by atoms with van der Waals surface area (Å²) in [5.41, 5.74) is 0.622. The van der Waals surface area contributed by atoms with Gasteiger partial charge in [-0.3, -0.25) is 4.79 Å². The Balaban J connectivity index is 1.51. The normalized spacial score (nSPS) is 16.7. The van der Waals surface area contributed by atoms with Crippen molar-refractivity contribution >= 4 is 39.8 Å². The van der Waals surface area contributed by atoms with Crippen molar-refractivity contribution in [1.29, 1.82) is 0 Å². The summed E-state index contributed by atoms with van der Waals surface area (Å²) in [6.45, 7) is 1.89. The molecule has 8 heteroatoms. The summed E-state index contributed by atoms with van der Waals surface area (Å²) in [5, 5.41) is 14.7. The lowest BCUT2D eigenvalue weighted by Gasteiger charge is -2.18. The number of nitrogens with zero attached hydrogens (tertiary/aromatic N) is 2. The van der Waals surface area contributed by atoms with Crippen LogP contribution in [0, 0.1) is 5.82 Å². The smallest absolute Gasteiger partial charge is 0.233 e. The third kappa shape index (κ3) is 5.67. The lowest BCUT2D eigenvalue weighted by atomic mass is 10.1. The van der Waals surface area contributed by atoms with Crippen LogP contribution < -0.4 is 10.6 Å². The molecule has 0 aliphatic heterocycles. The van der Waals surface area contributed by atoms with Crippen LogP contribution in [0.3, 0.4) is 0 Å². The van der Waals surface area contributed by atoms with Crippen LogP contribution in [0.4, 0.5) is 15.2 Å². The van der Waals surface area contributed by atoms with Gasteiger partial charge in [0.15, 0.2) is 4.34 Å². The lowest BCUT2D eigenvalue weighted by molar-refractivity contribution is -0.121. The van der Waals surface area contributed by atoms with E-state index in [1.165, 1.54) is 60.9 Å². The van der Waals surface area contributed by atoms with Crippen molar-refractivity contribution in [2.24, 2.45) is 0 Å². The van der Waals surface area contributed by atoms with Gasteiger partial charge in [0.25, 0.3) is 0 Å². The molecule has 0 radical (unpaired) electrons. The molecule has 1 amide bonds. The van der Waals surface area contributed by atoms with E-state index in [1.807, 2.05) is 6.92 Å². The van der Waals surface area contributed by atoms with E-state index in [2.05, 4.69) is 20.8 Å². The molecular weight excluding hydrogens is 371 g/mol. The van der Waals surface area contributed by atoms with E-state index in [0.717, 1.165) is 12.8 Å². The van der Waals surface area contributed by atoms with E-state index in [9.17, 15) is 9.18 Å². The molecule has 0 unspecified atom stereocenters. The van der Waals surface area contributed by atoms with Crippen molar-refractivity contribution < 1.29 is 9.18 Å². The molecule has 1 fully saturated rings. The van der Waals surface area contributed by atoms with Crippen LogP contribution in [0.2, 0.25) is 0 Å². The van der Waals surface area contributed by atoms with Gasteiger partial charge in [0.05, 0.1) is 5.25 Å². The van der Waals surface area contributed by atoms with Gasteiger partial charge in [0, 0.05) is 11.7 Å². The number of benzene rings is 1. The molecule has 1 heterocycles. The fourth-order valence-corrected chi connectivity index (χ4v) is 4.87. The van der Waals surface area contributed by atoms with Gasteiger partial charge in [-0.2, -0.15) is 0 Å². The second kappa shape index (κ2) is 9.32. The third-order valence-corrected chi connectivity index (χ3v) is 6.35. The fraction of sp³-hybridized carbons (Fsp3) is 0.500. The van der Waals surface area contributed by atoms with Crippen molar-refractivity contribution in [3.05, 3.63) is 30.1 Å². The minimum absolute atomic E-state index is 0.0525. The molecule has 1 aromatic carbocycles. The first-order valence-corrected chi connectivity index (χ1v) is 10.6. The van der Waals surface area contributed by atoms with E-state index >= 15 is 0 Å². The van der Waals surface area contributed by atoms with E-state index in [0.29, 0.717) is 21.2 Å². The fourth-order valence-electron chi connectivity index (χ4n) is 2.94. The molecule has 0 spiro atoms. The van der Waals surface area contributed by atoms with Gasteiger partial charge in [-0.15, -0.1) is 10.2 Å².